The van der Waals surface area contributed by atoms with Crippen LogP contribution in [-0.4, -0.2) is 72.1 Å². The van der Waals surface area contributed by atoms with Crippen molar-refractivity contribution >= 4 is 11.9 Å². The van der Waals surface area contributed by atoms with Gasteiger partial charge in [0.2, 0.25) is 0 Å². The topological polar surface area (TPSA) is 135 Å². The van der Waals surface area contributed by atoms with Crippen LogP contribution in [-0.2, 0) is 25.4 Å². The summed E-state index contributed by atoms with van der Waals surface area (Å²) in [5.74, 6) is -1.70. The maximum absolute atomic E-state index is 12.5. The number of carbonyl (C=O) groups is 2. The minimum absolute atomic E-state index is 0.0163. The van der Waals surface area contributed by atoms with Gasteiger partial charge in [-0.2, -0.15) is 0 Å². The van der Waals surface area contributed by atoms with E-state index in [1.807, 2.05) is 13.8 Å². The molecule has 0 bridgehead atoms. The summed E-state index contributed by atoms with van der Waals surface area (Å²) in [7, 11) is 3.16. The lowest BCUT2D eigenvalue weighted by Gasteiger charge is -2.42. The number of methoxy groups -OCH3 is 2. The molecule has 38 heavy (non-hydrogen) atoms. The van der Waals surface area contributed by atoms with E-state index in [9.17, 15) is 24.9 Å². The van der Waals surface area contributed by atoms with Crippen LogP contribution in [0.15, 0.2) is 24.3 Å². The Morgan fingerprint density at radius 3 is 2.55 bits per heavy atom. The molecule has 1 amide bonds. The Hall–Kier alpha value is -2.46. The fourth-order valence-electron chi connectivity index (χ4n) is 5.10. The van der Waals surface area contributed by atoms with Gasteiger partial charge in [0, 0.05) is 26.6 Å². The summed E-state index contributed by atoms with van der Waals surface area (Å²) in [6, 6.07) is 3.16. The van der Waals surface area contributed by atoms with Gasteiger partial charge in [-0.05, 0) is 63.1 Å². The SMILES string of the molecule is C=C(C)CCC(O)C(=O)NC(OC)C1CC(OC)C(C)C(CCCCCc2c(C)ccc(O)c2C(=O)O)O1. The highest BCUT2D eigenvalue weighted by Gasteiger charge is 2.40. The monoisotopic (exact) mass is 535 g/mol. The summed E-state index contributed by atoms with van der Waals surface area (Å²) in [4.78, 5) is 24.1. The molecular weight excluding hydrogens is 490 g/mol. The zero-order valence-electron chi connectivity index (χ0n) is 23.4. The molecule has 4 N–H and O–H groups in total. The van der Waals surface area contributed by atoms with Gasteiger partial charge in [0.25, 0.3) is 5.91 Å². The molecule has 6 unspecified atom stereocenters. The van der Waals surface area contributed by atoms with E-state index in [0.717, 1.165) is 36.8 Å². The molecule has 1 heterocycles. The van der Waals surface area contributed by atoms with Crippen LogP contribution in [0, 0.1) is 12.8 Å². The molecule has 1 aliphatic heterocycles. The second-order valence-corrected chi connectivity index (χ2v) is 10.4. The predicted octanol–water partition coefficient (Wildman–Crippen LogP) is 4.12. The Balaban J connectivity index is 1.95. The number of benzene rings is 1. The zero-order valence-corrected chi connectivity index (χ0v) is 23.4. The number of aliphatic hydroxyl groups is 1. The maximum Gasteiger partial charge on any atom is 0.339 e. The molecule has 2 rings (SSSR count). The average molecular weight is 536 g/mol. The van der Waals surface area contributed by atoms with E-state index in [1.54, 1.807) is 13.2 Å². The van der Waals surface area contributed by atoms with Crippen LogP contribution in [0.4, 0.5) is 0 Å². The summed E-state index contributed by atoms with van der Waals surface area (Å²) >= 11 is 0. The first kappa shape index (κ1) is 31.8. The third kappa shape index (κ3) is 8.80. The van der Waals surface area contributed by atoms with Crippen molar-refractivity contribution in [2.75, 3.05) is 14.2 Å². The van der Waals surface area contributed by atoms with Crippen molar-refractivity contribution < 1.29 is 39.1 Å². The first-order chi connectivity index (χ1) is 18.0. The Labute approximate surface area is 226 Å². The second kappa shape index (κ2) is 15.2. The first-order valence-electron chi connectivity index (χ1n) is 13.4. The van der Waals surface area contributed by atoms with Crippen LogP contribution in [0.1, 0.15) is 80.3 Å². The largest absolute Gasteiger partial charge is 0.507 e. The molecule has 9 nitrogen and oxygen atoms in total. The number of aromatic carboxylic acids is 1. The summed E-state index contributed by atoms with van der Waals surface area (Å²) in [5, 5.41) is 32.5. The van der Waals surface area contributed by atoms with Crippen LogP contribution < -0.4 is 5.32 Å². The molecule has 6 atom stereocenters. The summed E-state index contributed by atoms with van der Waals surface area (Å²) < 4.78 is 17.7. The lowest BCUT2D eigenvalue weighted by Crippen LogP contribution is -2.55. The Bertz CT molecular complexity index is 949. The quantitative estimate of drug-likeness (QED) is 0.150. The van der Waals surface area contributed by atoms with Crippen LogP contribution >= 0.6 is 0 Å². The van der Waals surface area contributed by atoms with Gasteiger partial charge in [0.15, 0.2) is 6.23 Å². The molecule has 9 heteroatoms. The number of carboxylic acids is 1. The molecule has 0 aliphatic carbocycles. The van der Waals surface area contributed by atoms with Crippen molar-refractivity contribution in [3.63, 3.8) is 0 Å². The Morgan fingerprint density at radius 1 is 1.24 bits per heavy atom. The number of aliphatic hydroxyl groups excluding tert-OH is 1. The molecule has 1 aromatic rings. The number of phenols is 1. The van der Waals surface area contributed by atoms with E-state index in [2.05, 4.69) is 18.8 Å². The Morgan fingerprint density at radius 2 is 1.95 bits per heavy atom. The summed E-state index contributed by atoms with van der Waals surface area (Å²) in [6.07, 6.45) is 2.74. The van der Waals surface area contributed by atoms with Crippen LogP contribution in [0.3, 0.4) is 0 Å². The van der Waals surface area contributed by atoms with Gasteiger partial charge in [0.1, 0.15) is 23.5 Å². The Kier molecular flexibility index (Phi) is 12.7. The molecule has 1 fully saturated rings. The molecular formula is C29H45NO8. The van der Waals surface area contributed by atoms with Crippen LogP contribution in [0.25, 0.3) is 0 Å². The molecule has 1 saturated heterocycles. The lowest BCUT2D eigenvalue weighted by molar-refractivity contribution is -0.186. The van der Waals surface area contributed by atoms with Gasteiger partial charge in [-0.3, -0.25) is 4.79 Å². The highest BCUT2D eigenvalue weighted by molar-refractivity contribution is 5.93. The number of amides is 1. The van der Waals surface area contributed by atoms with E-state index in [-0.39, 0.29) is 29.4 Å². The van der Waals surface area contributed by atoms with Crippen molar-refractivity contribution in [2.24, 2.45) is 5.92 Å². The van der Waals surface area contributed by atoms with Crippen molar-refractivity contribution in [2.45, 2.75) is 103 Å². The smallest absolute Gasteiger partial charge is 0.339 e. The van der Waals surface area contributed by atoms with Gasteiger partial charge in [-0.1, -0.05) is 31.4 Å². The lowest BCUT2D eigenvalue weighted by atomic mass is 9.86. The number of carboxylic acid groups (broad SMARTS) is 1. The number of hydrogen-bond acceptors (Lipinski definition) is 7. The van der Waals surface area contributed by atoms with Gasteiger partial charge >= 0.3 is 5.97 Å². The number of aryl methyl sites for hydroxylation is 1. The fourth-order valence-corrected chi connectivity index (χ4v) is 5.10. The normalized spacial score (nSPS) is 23.0. The number of unbranched alkanes of at least 4 members (excludes halogenated alkanes) is 2. The fraction of sp³-hybridized carbons (Fsp3) is 0.655. The van der Waals surface area contributed by atoms with E-state index >= 15 is 0 Å². The number of aromatic hydroxyl groups is 1. The molecule has 0 radical (unpaired) electrons. The van der Waals surface area contributed by atoms with E-state index in [1.165, 1.54) is 13.2 Å². The van der Waals surface area contributed by atoms with Crippen molar-refractivity contribution in [1.29, 1.82) is 0 Å². The maximum atomic E-state index is 12.5. The molecule has 0 spiro atoms. The zero-order chi connectivity index (χ0) is 28.4. The highest BCUT2D eigenvalue weighted by Crippen LogP contribution is 2.32. The number of rotatable bonds is 15. The number of allylic oxidation sites excluding steroid dienone is 1. The minimum Gasteiger partial charge on any atom is -0.507 e. The number of carbonyl (C=O) groups excluding carboxylic acids is 1. The van der Waals surface area contributed by atoms with Crippen molar-refractivity contribution in [1.82, 2.24) is 5.32 Å². The van der Waals surface area contributed by atoms with E-state index in [4.69, 9.17) is 14.2 Å². The molecule has 1 aliphatic rings. The van der Waals surface area contributed by atoms with Gasteiger partial charge in [0.05, 0.1) is 12.2 Å². The minimum atomic E-state index is -1.15. The number of ether oxygens (including phenoxy) is 3. The third-order valence-corrected chi connectivity index (χ3v) is 7.47. The van der Waals surface area contributed by atoms with Crippen molar-refractivity contribution in [3.8, 4) is 5.75 Å². The standard InChI is InChI=1S/C29H45NO8/c1-17(2)12-14-22(32)27(33)30-28(37-6)25-16-24(36-5)19(4)23(38-25)11-9-7-8-10-20-18(3)13-15-21(31)26(20)29(34)35/h13,15,19,22-25,28,31-32H,1,7-12,14,16H2,2-6H3,(H,30,33)(H,34,35). The average Bonchev–Trinajstić information content (AvgIpc) is 2.87. The number of hydrogen-bond donors (Lipinski definition) is 4. The van der Waals surface area contributed by atoms with Gasteiger partial charge in [-0.15, -0.1) is 6.58 Å². The summed E-state index contributed by atoms with van der Waals surface area (Å²) in [6.45, 7) is 9.60. The molecule has 1 aromatic carbocycles. The van der Waals surface area contributed by atoms with E-state index < -0.39 is 30.3 Å². The van der Waals surface area contributed by atoms with Crippen LogP contribution in [0.5, 0.6) is 5.75 Å². The first-order valence-corrected chi connectivity index (χ1v) is 13.4. The van der Waals surface area contributed by atoms with Gasteiger partial charge in [-0.25, -0.2) is 4.79 Å². The molecule has 0 saturated carbocycles. The predicted molar refractivity (Wildman–Crippen MR) is 144 cm³/mol. The second-order valence-electron chi connectivity index (χ2n) is 10.4. The summed E-state index contributed by atoms with van der Waals surface area (Å²) in [5.41, 5.74) is 2.41. The van der Waals surface area contributed by atoms with E-state index in [0.29, 0.717) is 31.2 Å². The van der Waals surface area contributed by atoms with Crippen LogP contribution in [0.2, 0.25) is 0 Å². The third-order valence-electron chi connectivity index (χ3n) is 7.47. The molecule has 0 aromatic heterocycles. The van der Waals surface area contributed by atoms with Gasteiger partial charge < -0.3 is 34.8 Å². The van der Waals surface area contributed by atoms with Crippen molar-refractivity contribution in [3.05, 3.63) is 41.0 Å². The number of nitrogens with one attached hydrogen (secondary N) is 1. The highest BCUT2D eigenvalue weighted by atomic mass is 16.6. The molecule has 214 valence electrons.